The van der Waals surface area contributed by atoms with E-state index in [4.69, 9.17) is 11.2 Å². The number of carbonyl (C=O) groups excluding carboxylic acids is 1. The van der Waals surface area contributed by atoms with Crippen LogP contribution in [0.15, 0.2) is 0 Å². The molecular formula is C9H16N2O2. The molecule has 0 fully saturated rings. The first-order valence-corrected chi connectivity index (χ1v) is 4.16. The van der Waals surface area contributed by atoms with Gasteiger partial charge in [0.25, 0.3) is 0 Å². The standard InChI is InChI=1S/C9H16N2O2/c1-4-5-10-8(2)9(12)11-6-7-13-3/h1,8,10H,5-7H2,2-3H3,(H,11,12). The largest absolute Gasteiger partial charge is 0.383 e. The molecule has 0 aliphatic heterocycles. The van der Waals surface area contributed by atoms with Crippen LogP contribution in [-0.2, 0) is 9.53 Å². The molecule has 1 amide bonds. The Kier molecular flexibility index (Phi) is 6.98. The van der Waals surface area contributed by atoms with Crippen molar-refractivity contribution < 1.29 is 9.53 Å². The molecule has 0 rings (SSSR count). The Labute approximate surface area is 79.0 Å². The summed E-state index contributed by atoms with van der Waals surface area (Å²) in [6, 6.07) is -0.257. The van der Waals surface area contributed by atoms with Crippen LogP contribution in [0.25, 0.3) is 0 Å². The van der Waals surface area contributed by atoms with Crippen LogP contribution >= 0.6 is 0 Å². The van der Waals surface area contributed by atoms with E-state index in [2.05, 4.69) is 16.6 Å². The summed E-state index contributed by atoms with van der Waals surface area (Å²) in [5.74, 6) is 2.34. The van der Waals surface area contributed by atoms with Gasteiger partial charge in [0, 0.05) is 13.7 Å². The van der Waals surface area contributed by atoms with Crippen molar-refractivity contribution >= 4 is 5.91 Å². The first kappa shape index (κ1) is 11.9. The lowest BCUT2D eigenvalue weighted by molar-refractivity contribution is -0.122. The second-order valence-electron chi connectivity index (χ2n) is 2.59. The molecule has 0 heterocycles. The van der Waals surface area contributed by atoms with Gasteiger partial charge in [-0.05, 0) is 6.92 Å². The first-order valence-electron chi connectivity index (χ1n) is 4.16. The Morgan fingerprint density at radius 2 is 2.38 bits per heavy atom. The minimum Gasteiger partial charge on any atom is -0.383 e. The minimum absolute atomic E-state index is 0.0627. The summed E-state index contributed by atoms with van der Waals surface area (Å²) < 4.78 is 4.79. The van der Waals surface area contributed by atoms with Crippen molar-refractivity contribution in [2.45, 2.75) is 13.0 Å². The summed E-state index contributed by atoms with van der Waals surface area (Å²) in [5.41, 5.74) is 0. The average molecular weight is 184 g/mol. The predicted octanol–water partition coefficient (Wildman–Crippen LogP) is -0.640. The van der Waals surface area contributed by atoms with Gasteiger partial charge < -0.3 is 10.1 Å². The number of nitrogens with one attached hydrogen (secondary N) is 2. The monoisotopic (exact) mass is 184 g/mol. The fourth-order valence-electron chi connectivity index (χ4n) is 0.734. The van der Waals surface area contributed by atoms with Crippen molar-refractivity contribution in [3.8, 4) is 12.3 Å². The van der Waals surface area contributed by atoms with Gasteiger partial charge in [-0.2, -0.15) is 0 Å². The highest BCUT2D eigenvalue weighted by atomic mass is 16.5. The Balaban J connectivity index is 3.52. The first-order chi connectivity index (χ1) is 6.22. The third kappa shape index (κ3) is 6.14. The third-order valence-corrected chi connectivity index (χ3v) is 1.51. The quantitative estimate of drug-likeness (QED) is 0.426. The van der Waals surface area contributed by atoms with Crippen molar-refractivity contribution in [2.24, 2.45) is 0 Å². The number of carbonyl (C=O) groups is 1. The van der Waals surface area contributed by atoms with Crippen LogP contribution in [0.2, 0.25) is 0 Å². The fraction of sp³-hybridized carbons (Fsp3) is 0.667. The molecule has 2 N–H and O–H groups in total. The Hall–Kier alpha value is -1.05. The zero-order valence-electron chi connectivity index (χ0n) is 8.09. The van der Waals surface area contributed by atoms with Gasteiger partial charge >= 0.3 is 0 Å². The maximum Gasteiger partial charge on any atom is 0.236 e. The Morgan fingerprint density at radius 3 is 2.92 bits per heavy atom. The molecular weight excluding hydrogens is 168 g/mol. The number of terminal acetylenes is 1. The number of rotatable bonds is 6. The lowest BCUT2D eigenvalue weighted by Gasteiger charge is -2.11. The van der Waals surface area contributed by atoms with Crippen molar-refractivity contribution in [1.82, 2.24) is 10.6 Å². The molecule has 0 aromatic rings. The van der Waals surface area contributed by atoms with Gasteiger partial charge in [0.1, 0.15) is 0 Å². The summed E-state index contributed by atoms with van der Waals surface area (Å²) in [4.78, 5) is 11.2. The summed E-state index contributed by atoms with van der Waals surface area (Å²) in [6.45, 7) is 3.21. The highest BCUT2D eigenvalue weighted by molar-refractivity contribution is 5.81. The minimum atomic E-state index is -0.257. The van der Waals surface area contributed by atoms with Crippen molar-refractivity contribution in [3.05, 3.63) is 0 Å². The molecule has 0 aromatic carbocycles. The molecule has 0 bridgehead atoms. The summed E-state index contributed by atoms with van der Waals surface area (Å²) >= 11 is 0. The molecule has 1 unspecified atom stereocenters. The smallest absolute Gasteiger partial charge is 0.236 e. The van der Waals surface area contributed by atoms with Crippen molar-refractivity contribution in [2.75, 3.05) is 26.8 Å². The molecule has 4 nitrogen and oxygen atoms in total. The second kappa shape index (κ2) is 7.59. The average Bonchev–Trinajstić information content (AvgIpc) is 2.14. The van der Waals surface area contributed by atoms with E-state index in [0.717, 1.165) is 0 Å². The van der Waals surface area contributed by atoms with Crippen molar-refractivity contribution in [3.63, 3.8) is 0 Å². The molecule has 0 aliphatic rings. The lowest BCUT2D eigenvalue weighted by Crippen LogP contribution is -2.43. The molecule has 0 saturated carbocycles. The molecule has 0 saturated heterocycles. The van der Waals surface area contributed by atoms with Gasteiger partial charge in [-0.3, -0.25) is 10.1 Å². The van der Waals surface area contributed by atoms with E-state index >= 15 is 0 Å². The number of amides is 1. The van der Waals surface area contributed by atoms with Gasteiger partial charge in [0.2, 0.25) is 5.91 Å². The molecule has 13 heavy (non-hydrogen) atoms. The van der Waals surface area contributed by atoms with Gasteiger partial charge in [-0.1, -0.05) is 5.92 Å². The van der Waals surface area contributed by atoms with Crippen LogP contribution in [0.3, 0.4) is 0 Å². The third-order valence-electron chi connectivity index (χ3n) is 1.51. The van der Waals surface area contributed by atoms with Crippen LogP contribution in [-0.4, -0.2) is 38.8 Å². The predicted molar refractivity (Wildman–Crippen MR) is 51.2 cm³/mol. The fourth-order valence-corrected chi connectivity index (χ4v) is 0.734. The van der Waals surface area contributed by atoms with Crippen molar-refractivity contribution in [1.29, 1.82) is 0 Å². The van der Waals surface area contributed by atoms with E-state index in [1.54, 1.807) is 14.0 Å². The topological polar surface area (TPSA) is 50.4 Å². The van der Waals surface area contributed by atoms with Gasteiger partial charge in [0.05, 0.1) is 19.2 Å². The van der Waals surface area contributed by atoms with E-state index in [-0.39, 0.29) is 11.9 Å². The Bertz CT molecular complexity index is 187. The highest BCUT2D eigenvalue weighted by Gasteiger charge is 2.09. The molecule has 0 radical (unpaired) electrons. The van der Waals surface area contributed by atoms with Crippen LogP contribution in [0.4, 0.5) is 0 Å². The zero-order chi connectivity index (χ0) is 10.1. The van der Waals surface area contributed by atoms with E-state index in [9.17, 15) is 4.79 Å². The molecule has 1 atom stereocenters. The molecule has 0 aliphatic carbocycles. The van der Waals surface area contributed by atoms with Crippen LogP contribution in [0.5, 0.6) is 0 Å². The number of ether oxygens (including phenoxy) is 1. The number of methoxy groups -OCH3 is 1. The highest BCUT2D eigenvalue weighted by Crippen LogP contribution is 1.80. The van der Waals surface area contributed by atoms with Crippen LogP contribution < -0.4 is 10.6 Å². The molecule has 0 spiro atoms. The van der Waals surface area contributed by atoms with Crippen LogP contribution in [0.1, 0.15) is 6.92 Å². The van der Waals surface area contributed by atoms with Gasteiger partial charge in [-0.25, -0.2) is 0 Å². The van der Waals surface area contributed by atoms with E-state index in [1.807, 2.05) is 0 Å². The second-order valence-corrected chi connectivity index (χ2v) is 2.59. The SMILES string of the molecule is C#CCNC(C)C(=O)NCCOC. The van der Waals surface area contributed by atoms with Crippen LogP contribution in [0, 0.1) is 12.3 Å². The maximum absolute atomic E-state index is 11.2. The summed E-state index contributed by atoms with van der Waals surface area (Å²) in [7, 11) is 1.59. The Morgan fingerprint density at radius 1 is 1.69 bits per heavy atom. The number of hydrogen-bond acceptors (Lipinski definition) is 3. The zero-order valence-corrected chi connectivity index (χ0v) is 8.09. The van der Waals surface area contributed by atoms with E-state index in [1.165, 1.54) is 0 Å². The molecule has 4 heteroatoms. The maximum atomic E-state index is 11.2. The van der Waals surface area contributed by atoms with E-state index in [0.29, 0.717) is 19.7 Å². The van der Waals surface area contributed by atoms with Gasteiger partial charge in [-0.15, -0.1) is 6.42 Å². The lowest BCUT2D eigenvalue weighted by atomic mass is 10.3. The summed E-state index contributed by atoms with van der Waals surface area (Å²) in [6.07, 6.45) is 5.03. The number of hydrogen-bond donors (Lipinski definition) is 2. The molecule has 74 valence electrons. The molecule has 0 aromatic heterocycles. The normalized spacial score (nSPS) is 11.8. The van der Waals surface area contributed by atoms with E-state index < -0.39 is 0 Å². The van der Waals surface area contributed by atoms with Gasteiger partial charge in [0.15, 0.2) is 0 Å². The summed E-state index contributed by atoms with van der Waals surface area (Å²) in [5, 5.41) is 5.57.